The van der Waals surface area contributed by atoms with E-state index in [0.717, 1.165) is 12.8 Å². The highest BCUT2D eigenvalue weighted by atomic mass is 16.5. The van der Waals surface area contributed by atoms with Gasteiger partial charge in [-0.3, -0.25) is 14.4 Å². The first-order chi connectivity index (χ1) is 8.49. The molecule has 6 heteroatoms. The molecule has 0 aromatic heterocycles. The van der Waals surface area contributed by atoms with Crippen LogP contribution in [0.3, 0.4) is 0 Å². The lowest BCUT2D eigenvalue weighted by atomic mass is 10.0. The minimum atomic E-state index is -1.32. The van der Waals surface area contributed by atoms with E-state index in [2.05, 4.69) is 0 Å². The summed E-state index contributed by atoms with van der Waals surface area (Å²) < 4.78 is 4.76. The van der Waals surface area contributed by atoms with E-state index in [0.29, 0.717) is 25.9 Å². The van der Waals surface area contributed by atoms with Crippen LogP contribution in [0.25, 0.3) is 0 Å². The van der Waals surface area contributed by atoms with E-state index in [4.69, 9.17) is 14.9 Å². The van der Waals surface area contributed by atoms with Crippen LogP contribution in [0.1, 0.15) is 45.4 Å². The first kappa shape index (κ1) is 16.4. The molecule has 0 unspecified atom stereocenters. The van der Waals surface area contributed by atoms with Crippen molar-refractivity contribution in [2.75, 3.05) is 6.61 Å². The Bertz CT molecular complexity index is 272. The van der Waals surface area contributed by atoms with Crippen molar-refractivity contribution >= 4 is 17.9 Å². The third kappa shape index (κ3) is 7.65. The van der Waals surface area contributed by atoms with Gasteiger partial charge >= 0.3 is 17.9 Å². The SMILES string of the molecule is CCOC(=O)CCCCCCC(C(=O)O)C(=O)O. The first-order valence-electron chi connectivity index (χ1n) is 6.10. The summed E-state index contributed by atoms with van der Waals surface area (Å²) in [7, 11) is 0. The molecular weight excluding hydrogens is 240 g/mol. The van der Waals surface area contributed by atoms with Gasteiger partial charge in [0.25, 0.3) is 0 Å². The third-order valence-corrected chi connectivity index (χ3v) is 2.53. The molecule has 6 nitrogen and oxygen atoms in total. The minimum absolute atomic E-state index is 0.129. The van der Waals surface area contributed by atoms with Crippen LogP contribution in [-0.2, 0) is 19.1 Å². The molecule has 0 atom stereocenters. The van der Waals surface area contributed by atoms with Gasteiger partial charge in [0.2, 0.25) is 0 Å². The molecule has 104 valence electrons. The summed E-state index contributed by atoms with van der Waals surface area (Å²) in [6.45, 7) is 2.12. The molecule has 0 saturated heterocycles. The van der Waals surface area contributed by atoms with E-state index in [1.165, 1.54) is 0 Å². The molecule has 0 aliphatic rings. The second-order valence-corrected chi connectivity index (χ2v) is 3.99. The van der Waals surface area contributed by atoms with Crippen molar-refractivity contribution in [3.05, 3.63) is 0 Å². The van der Waals surface area contributed by atoms with Crippen LogP contribution in [0.15, 0.2) is 0 Å². The zero-order chi connectivity index (χ0) is 14.0. The third-order valence-electron chi connectivity index (χ3n) is 2.53. The first-order valence-corrected chi connectivity index (χ1v) is 6.10. The lowest BCUT2D eigenvalue weighted by molar-refractivity contribution is -0.154. The molecule has 0 heterocycles. The van der Waals surface area contributed by atoms with Crippen LogP contribution >= 0.6 is 0 Å². The Morgan fingerprint density at radius 1 is 1.00 bits per heavy atom. The fraction of sp³-hybridized carbons (Fsp3) is 0.750. The molecule has 0 aliphatic heterocycles. The molecule has 0 aromatic rings. The molecule has 0 spiro atoms. The summed E-state index contributed by atoms with van der Waals surface area (Å²) in [6.07, 6.45) is 3.19. The van der Waals surface area contributed by atoms with Crippen LogP contribution in [0.2, 0.25) is 0 Å². The van der Waals surface area contributed by atoms with E-state index in [-0.39, 0.29) is 12.4 Å². The topological polar surface area (TPSA) is 101 Å². The van der Waals surface area contributed by atoms with Crippen molar-refractivity contribution in [3.63, 3.8) is 0 Å². The predicted molar refractivity (Wildman–Crippen MR) is 63.1 cm³/mol. The summed E-state index contributed by atoms with van der Waals surface area (Å²) >= 11 is 0. The number of unbranched alkanes of at least 4 members (excludes halogenated alkanes) is 3. The number of carboxylic acids is 2. The standard InChI is InChI=1S/C12H20O6/c1-2-18-10(13)8-6-4-3-5-7-9(11(14)15)12(16)17/h9H,2-8H2,1H3,(H,14,15)(H,16,17). The highest BCUT2D eigenvalue weighted by Gasteiger charge is 2.24. The van der Waals surface area contributed by atoms with Gasteiger partial charge in [-0.2, -0.15) is 0 Å². The number of carboxylic acid groups (broad SMARTS) is 2. The Labute approximate surface area is 106 Å². The average molecular weight is 260 g/mol. The van der Waals surface area contributed by atoms with Crippen molar-refractivity contribution in [2.45, 2.75) is 45.4 Å². The molecule has 0 bridgehead atoms. The molecule has 0 saturated carbocycles. The van der Waals surface area contributed by atoms with Gasteiger partial charge in [-0.25, -0.2) is 0 Å². The van der Waals surface area contributed by atoms with Gasteiger partial charge in [0.05, 0.1) is 6.61 Å². The van der Waals surface area contributed by atoms with E-state index in [1.807, 2.05) is 0 Å². The second-order valence-electron chi connectivity index (χ2n) is 3.99. The smallest absolute Gasteiger partial charge is 0.317 e. The highest BCUT2D eigenvalue weighted by Crippen LogP contribution is 2.12. The number of carbonyl (C=O) groups is 3. The van der Waals surface area contributed by atoms with Gasteiger partial charge in [-0.05, 0) is 19.8 Å². The van der Waals surface area contributed by atoms with Crippen LogP contribution < -0.4 is 0 Å². The van der Waals surface area contributed by atoms with Crippen LogP contribution in [0.5, 0.6) is 0 Å². The number of aliphatic carboxylic acids is 2. The zero-order valence-corrected chi connectivity index (χ0v) is 10.6. The molecular formula is C12H20O6. The Hall–Kier alpha value is -1.59. The number of rotatable bonds is 10. The van der Waals surface area contributed by atoms with Crippen molar-refractivity contribution in [1.29, 1.82) is 0 Å². The molecule has 2 N–H and O–H groups in total. The highest BCUT2D eigenvalue weighted by molar-refractivity contribution is 5.92. The average Bonchev–Trinajstić information content (AvgIpc) is 2.27. The number of hydrogen-bond acceptors (Lipinski definition) is 4. The van der Waals surface area contributed by atoms with Crippen LogP contribution in [-0.4, -0.2) is 34.7 Å². The molecule has 0 aromatic carbocycles. The lowest BCUT2D eigenvalue weighted by Crippen LogP contribution is -2.23. The maximum atomic E-state index is 11.0. The summed E-state index contributed by atoms with van der Waals surface area (Å²) in [4.78, 5) is 32.1. The van der Waals surface area contributed by atoms with Crippen molar-refractivity contribution in [2.24, 2.45) is 5.92 Å². The monoisotopic (exact) mass is 260 g/mol. The largest absolute Gasteiger partial charge is 0.481 e. The number of carbonyl (C=O) groups excluding carboxylic acids is 1. The Morgan fingerprint density at radius 2 is 1.56 bits per heavy atom. The summed E-state index contributed by atoms with van der Waals surface area (Å²) in [5.41, 5.74) is 0. The van der Waals surface area contributed by atoms with Gasteiger partial charge in [-0.15, -0.1) is 0 Å². The maximum absolute atomic E-state index is 11.0. The number of hydrogen-bond donors (Lipinski definition) is 2. The Kier molecular flexibility index (Phi) is 8.61. The van der Waals surface area contributed by atoms with Gasteiger partial charge in [-0.1, -0.05) is 19.3 Å². The number of esters is 1. The Balaban J connectivity index is 3.58. The Morgan fingerprint density at radius 3 is 2.06 bits per heavy atom. The molecule has 0 aliphatic carbocycles. The lowest BCUT2D eigenvalue weighted by Gasteiger charge is -2.06. The normalized spacial score (nSPS) is 10.3. The summed E-state index contributed by atoms with van der Waals surface area (Å²) in [5, 5.41) is 17.3. The molecule has 0 rings (SSSR count). The molecule has 0 radical (unpaired) electrons. The summed E-state index contributed by atoms with van der Waals surface area (Å²) in [6, 6.07) is 0. The molecule has 0 amide bonds. The molecule has 0 fully saturated rings. The predicted octanol–water partition coefficient (Wildman–Crippen LogP) is 1.68. The van der Waals surface area contributed by atoms with Gasteiger partial charge < -0.3 is 14.9 Å². The van der Waals surface area contributed by atoms with Gasteiger partial charge in [0, 0.05) is 6.42 Å². The van der Waals surface area contributed by atoms with Crippen molar-refractivity contribution in [1.82, 2.24) is 0 Å². The minimum Gasteiger partial charge on any atom is -0.481 e. The fourth-order valence-electron chi connectivity index (χ4n) is 1.56. The van der Waals surface area contributed by atoms with Crippen molar-refractivity contribution < 1.29 is 29.3 Å². The second kappa shape index (κ2) is 9.44. The van der Waals surface area contributed by atoms with E-state index < -0.39 is 17.9 Å². The van der Waals surface area contributed by atoms with E-state index in [1.54, 1.807) is 6.92 Å². The van der Waals surface area contributed by atoms with Crippen LogP contribution in [0, 0.1) is 5.92 Å². The van der Waals surface area contributed by atoms with E-state index in [9.17, 15) is 14.4 Å². The summed E-state index contributed by atoms with van der Waals surface area (Å²) in [5.74, 6) is -4.15. The van der Waals surface area contributed by atoms with Gasteiger partial charge in [0.15, 0.2) is 5.92 Å². The zero-order valence-electron chi connectivity index (χ0n) is 10.6. The number of ether oxygens (including phenoxy) is 1. The van der Waals surface area contributed by atoms with Crippen LogP contribution in [0.4, 0.5) is 0 Å². The fourth-order valence-corrected chi connectivity index (χ4v) is 1.56. The molecule has 18 heavy (non-hydrogen) atoms. The van der Waals surface area contributed by atoms with Crippen molar-refractivity contribution in [3.8, 4) is 0 Å². The quantitative estimate of drug-likeness (QED) is 0.352. The van der Waals surface area contributed by atoms with Gasteiger partial charge in [0.1, 0.15) is 0 Å². The van der Waals surface area contributed by atoms with E-state index >= 15 is 0 Å². The maximum Gasteiger partial charge on any atom is 0.317 e.